The summed E-state index contributed by atoms with van der Waals surface area (Å²) in [5.74, 6) is -0.834. The largest absolute Gasteiger partial charge is 0.480 e. The fourth-order valence-electron chi connectivity index (χ4n) is 1.90. The number of aliphatic carboxylic acids is 1. The van der Waals surface area contributed by atoms with Crippen molar-refractivity contribution in [2.75, 3.05) is 11.4 Å². The van der Waals surface area contributed by atoms with E-state index >= 15 is 0 Å². The van der Waals surface area contributed by atoms with Gasteiger partial charge in [-0.2, -0.15) is 0 Å². The summed E-state index contributed by atoms with van der Waals surface area (Å²) in [5, 5.41) is 9.03. The molecule has 0 spiro atoms. The summed E-state index contributed by atoms with van der Waals surface area (Å²) < 4.78 is 0.994. The van der Waals surface area contributed by atoms with E-state index in [2.05, 4.69) is 15.9 Å². The SMILES string of the molecule is O=C(O)CN(Cc1cccc(Br)c1)c1ccccc1. The highest BCUT2D eigenvalue weighted by molar-refractivity contribution is 9.10. The van der Waals surface area contributed by atoms with Gasteiger partial charge in [0.1, 0.15) is 6.54 Å². The van der Waals surface area contributed by atoms with E-state index in [1.807, 2.05) is 59.5 Å². The molecule has 0 atom stereocenters. The number of hydrogen-bond donors (Lipinski definition) is 1. The van der Waals surface area contributed by atoms with Crippen LogP contribution in [-0.4, -0.2) is 17.6 Å². The van der Waals surface area contributed by atoms with Gasteiger partial charge in [-0.3, -0.25) is 4.79 Å². The molecule has 0 saturated heterocycles. The first-order valence-corrected chi connectivity index (χ1v) is 6.70. The van der Waals surface area contributed by atoms with Crippen LogP contribution in [0.3, 0.4) is 0 Å². The number of halogens is 1. The Morgan fingerprint density at radius 2 is 1.84 bits per heavy atom. The molecular weight excluding hydrogens is 306 g/mol. The number of anilines is 1. The Morgan fingerprint density at radius 1 is 1.11 bits per heavy atom. The molecule has 0 radical (unpaired) electrons. The highest BCUT2D eigenvalue weighted by Gasteiger charge is 2.11. The second-order valence-corrected chi connectivity index (χ2v) is 5.13. The molecule has 3 nitrogen and oxygen atoms in total. The van der Waals surface area contributed by atoms with Gasteiger partial charge in [0.25, 0.3) is 0 Å². The van der Waals surface area contributed by atoms with E-state index in [0.717, 1.165) is 15.7 Å². The van der Waals surface area contributed by atoms with Crippen LogP contribution in [0.2, 0.25) is 0 Å². The fraction of sp³-hybridized carbons (Fsp3) is 0.133. The molecular formula is C15H14BrNO2. The van der Waals surface area contributed by atoms with E-state index in [9.17, 15) is 4.79 Å². The van der Waals surface area contributed by atoms with Crippen molar-refractivity contribution in [3.8, 4) is 0 Å². The third-order valence-electron chi connectivity index (χ3n) is 2.71. The van der Waals surface area contributed by atoms with E-state index in [0.29, 0.717) is 6.54 Å². The van der Waals surface area contributed by atoms with Crippen LogP contribution in [-0.2, 0) is 11.3 Å². The van der Waals surface area contributed by atoms with Gasteiger partial charge in [-0.25, -0.2) is 0 Å². The number of carboxylic acid groups (broad SMARTS) is 1. The van der Waals surface area contributed by atoms with Crippen LogP contribution in [0.1, 0.15) is 5.56 Å². The number of nitrogens with zero attached hydrogens (tertiary/aromatic N) is 1. The molecule has 4 heteroatoms. The number of carbonyl (C=O) groups is 1. The van der Waals surface area contributed by atoms with Crippen LogP contribution in [0.25, 0.3) is 0 Å². The topological polar surface area (TPSA) is 40.5 Å². The van der Waals surface area contributed by atoms with Gasteiger partial charge in [0.05, 0.1) is 0 Å². The van der Waals surface area contributed by atoms with Gasteiger partial charge in [-0.15, -0.1) is 0 Å². The van der Waals surface area contributed by atoms with Gasteiger partial charge in [0, 0.05) is 16.7 Å². The zero-order chi connectivity index (χ0) is 13.7. The van der Waals surface area contributed by atoms with Crippen LogP contribution in [0.4, 0.5) is 5.69 Å². The first kappa shape index (κ1) is 13.6. The van der Waals surface area contributed by atoms with Gasteiger partial charge < -0.3 is 10.0 Å². The maximum absolute atomic E-state index is 11.0. The van der Waals surface area contributed by atoms with Crippen molar-refractivity contribution >= 4 is 27.6 Å². The molecule has 0 amide bonds. The van der Waals surface area contributed by atoms with Gasteiger partial charge in [0.2, 0.25) is 0 Å². The minimum Gasteiger partial charge on any atom is -0.480 e. The third-order valence-corrected chi connectivity index (χ3v) is 3.20. The smallest absolute Gasteiger partial charge is 0.323 e. The van der Waals surface area contributed by atoms with Crippen molar-refractivity contribution < 1.29 is 9.90 Å². The van der Waals surface area contributed by atoms with Gasteiger partial charge in [0.15, 0.2) is 0 Å². The van der Waals surface area contributed by atoms with Crippen molar-refractivity contribution in [2.24, 2.45) is 0 Å². The average Bonchev–Trinajstić information content (AvgIpc) is 2.38. The van der Waals surface area contributed by atoms with E-state index < -0.39 is 5.97 Å². The van der Waals surface area contributed by atoms with E-state index in [-0.39, 0.29) is 6.54 Å². The molecule has 0 bridgehead atoms. The Hall–Kier alpha value is -1.81. The number of benzene rings is 2. The summed E-state index contributed by atoms with van der Waals surface area (Å²) >= 11 is 3.42. The van der Waals surface area contributed by atoms with E-state index in [1.54, 1.807) is 0 Å². The Labute approximate surface area is 120 Å². The summed E-state index contributed by atoms with van der Waals surface area (Å²) in [7, 11) is 0. The predicted octanol–water partition coefficient (Wildman–Crippen LogP) is 3.54. The minimum absolute atomic E-state index is 0.0173. The van der Waals surface area contributed by atoms with Crippen LogP contribution >= 0.6 is 15.9 Å². The van der Waals surface area contributed by atoms with Crippen LogP contribution in [0.15, 0.2) is 59.1 Å². The summed E-state index contributed by atoms with van der Waals surface area (Å²) in [6, 6.07) is 17.5. The lowest BCUT2D eigenvalue weighted by atomic mass is 10.2. The van der Waals surface area contributed by atoms with Gasteiger partial charge in [-0.1, -0.05) is 46.3 Å². The van der Waals surface area contributed by atoms with Crippen molar-refractivity contribution in [3.63, 3.8) is 0 Å². The lowest BCUT2D eigenvalue weighted by Gasteiger charge is -2.23. The molecule has 0 saturated carbocycles. The number of carboxylic acids is 1. The van der Waals surface area contributed by atoms with Crippen LogP contribution in [0.5, 0.6) is 0 Å². The Balaban J connectivity index is 2.21. The van der Waals surface area contributed by atoms with Gasteiger partial charge in [-0.05, 0) is 29.8 Å². The number of para-hydroxylation sites is 1. The minimum atomic E-state index is -0.834. The average molecular weight is 320 g/mol. The summed E-state index contributed by atoms with van der Waals surface area (Å²) in [5.41, 5.74) is 1.98. The molecule has 2 aromatic carbocycles. The fourth-order valence-corrected chi connectivity index (χ4v) is 2.34. The molecule has 2 aromatic rings. The Kier molecular flexibility index (Phi) is 4.58. The van der Waals surface area contributed by atoms with Crippen molar-refractivity contribution in [1.82, 2.24) is 0 Å². The third kappa shape index (κ3) is 4.10. The zero-order valence-corrected chi connectivity index (χ0v) is 11.9. The summed E-state index contributed by atoms with van der Waals surface area (Å²) in [6.07, 6.45) is 0. The molecule has 0 aliphatic rings. The predicted molar refractivity (Wildman–Crippen MR) is 79.3 cm³/mol. The molecule has 0 aliphatic carbocycles. The van der Waals surface area contributed by atoms with E-state index in [1.165, 1.54) is 0 Å². The maximum atomic E-state index is 11.0. The lowest BCUT2D eigenvalue weighted by Crippen LogP contribution is -2.29. The molecule has 1 N–H and O–H groups in total. The molecule has 98 valence electrons. The summed E-state index contributed by atoms with van der Waals surface area (Å²) in [4.78, 5) is 12.8. The van der Waals surface area contributed by atoms with Gasteiger partial charge >= 0.3 is 5.97 Å². The highest BCUT2D eigenvalue weighted by atomic mass is 79.9. The maximum Gasteiger partial charge on any atom is 0.323 e. The molecule has 0 unspecified atom stereocenters. The summed E-state index contributed by atoms with van der Waals surface area (Å²) in [6.45, 7) is 0.548. The molecule has 0 aliphatic heterocycles. The molecule has 0 heterocycles. The van der Waals surface area contributed by atoms with E-state index in [4.69, 9.17) is 5.11 Å². The molecule has 19 heavy (non-hydrogen) atoms. The monoisotopic (exact) mass is 319 g/mol. The molecule has 2 rings (SSSR count). The van der Waals surface area contributed by atoms with Crippen LogP contribution < -0.4 is 4.90 Å². The standard InChI is InChI=1S/C15H14BrNO2/c16-13-6-4-5-12(9-13)10-17(11-15(18)19)14-7-2-1-3-8-14/h1-9H,10-11H2,(H,18,19). The van der Waals surface area contributed by atoms with Crippen molar-refractivity contribution in [2.45, 2.75) is 6.54 Å². The Bertz CT molecular complexity index is 557. The molecule has 0 aromatic heterocycles. The number of hydrogen-bond acceptors (Lipinski definition) is 2. The Morgan fingerprint density at radius 3 is 2.47 bits per heavy atom. The first-order chi connectivity index (χ1) is 9.15. The highest BCUT2D eigenvalue weighted by Crippen LogP contribution is 2.18. The van der Waals surface area contributed by atoms with Crippen LogP contribution in [0, 0.1) is 0 Å². The van der Waals surface area contributed by atoms with Crippen molar-refractivity contribution in [1.29, 1.82) is 0 Å². The number of rotatable bonds is 5. The first-order valence-electron chi connectivity index (χ1n) is 5.91. The second kappa shape index (κ2) is 6.38. The molecule has 0 fully saturated rings. The zero-order valence-electron chi connectivity index (χ0n) is 10.3. The normalized spacial score (nSPS) is 10.2. The second-order valence-electron chi connectivity index (χ2n) is 4.22. The van der Waals surface area contributed by atoms with Crippen molar-refractivity contribution in [3.05, 3.63) is 64.6 Å². The lowest BCUT2D eigenvalue weighted by molar-refractivity contribution is -0.135. The quantitative estimate of drug-likeness (QED) is 0.916.